The Balaban J connectivity index is 3.02. The highest BCUT2D eigenvalue weighted by Crippen LogP contribution is 2.22. The van der Waals surface area contributed by atoms with Gasteiger partial charge in [0.05, 0.1) is 0 Å². The number of halogens is 2. The minimum atomic E-state index is -1.81. The van der Waals surface area contributed by atoms with Gasteiger partial charge >= 0.3 is 0 Å². The third kappa shape index (κ3) is 10.8. The predicted molar refractivity (Wildman–Crippen MR) is 53.9 cm³/mol. The first-order valence-electron chi connectivity index (χ1n) is 3.93. The van der Waals surface area contributed by atoms with Gasteiger partial charge in [-0.1, -0.05) is 12.8 Å². The highest BCUT2D eigenvalue weighted by atomic mass is 35.7. The summed E-state index contributed by atoms with van der Waals surface area (Å²) >= 11 is 11.8. The summed E-state index contributed by atoms with van der Waals surface area (Å²) in [5.41, 5.74) is 0. The van der Waals surface area contributed by atoms with Crippen LogP contribution in [-0.4, -0.2) is 20.4 Å². The first-order chi connectivity index (χ1) is 5.06. The van der Waals surface area contributed by atoms with E-state index in [1.54, 1.807) is 7.11 Å². The Labute approximate surface area is 79.4 Å². The maximum atomic E-state index is 5.92. The van der Waals surface area contributed by atoms with Crippen LogP contribution in [-0.2, 0) is 4.74 Å². The van der Waals surface area contributed by atoms with E-state index >= 15 is 0 Å². The zero-order chi connectivity index (χ0) is 8.74. The Morgan fingerprint density at radius 1 is 1.18 bits per heavy atom. The van der Waals surface area contributed by atoms with E-state index in [9.17, 15) is 0 Å². The smallest absolute Gasteiger partial charge is 0.248 e. The van der Waals surface area contributed by atoms with Gasteiger partial charge < -0.3 is 4.74 Å². The lowest BCUT2D eigenvalue weighted by Crippen LogP contribution is -2.11. The maximum Gasteiger partial charge on any atom is 0.248 e. The average Bonchev–Trinajstić information content (AvgIpc) is 1.85. The zero-order valence-electron chi connectivity index (χ0n) is 7.20. The molecule has 0 fully saturated rings. The first-order valence-corrected chi connectivity index (χ1v) is 8.66. The van der Waals surface area contributed by atoms with Gasteiger partial charge in [-0.3, -0.25) is 0 Å². The number of hydrogen-bond acceptors (Lipinski definition) is 1. The van der Waals surface area contributed by atoms with Crippen LogP contribution >= 0.6 is 22.2 Å². The Morgan fingerprint density at radius 3 is 2.27 bits per heavy atom. The number of rotatable bonds is 6. The lowest BCUT2D eigenvalue weighted by atomic mass is 10.3. The van der Waals surface area contributed by atoms with Crippen LogP contribution in [0.4, 0.5) is 0 Å². The molecular formula is C7H16Cl2OSi. The van der Waals surface area contributed by atoms with Crippen molar-refractivity contribution in [3.05, 3.63) is 0 Å². The van der Waals surface area contributed by atoms with E-state index in [-0.39, 0.29) is 0 Å². The van der Waals surface area contributed by atoms with Gasteiger partial charge in [0, 0.05) is 13.7 Å². The van der Waals surface area contributed by atoms with Gasteiger partial charge in [-0.25, -0.2) is 0 Å². The fourth-order valence-electron chi connectivity index (χ4n) is 0.859. The Bertz CT molecular complexity index is 92.9. The van der Waals surface area contributed by atoms with Crippen molar-refractivity contribution >= 4 is 28.9 Å². The molecule has 0 atom stereocenters. The van der Waals surface area contributed by atoms with Gasteiger partial charge in [0.25, 0.3) is 0 Å². The van der Waals surface area contributed by atoms with Gasteiger partial charge in [0.1, 0.15) is 0 Å². The third-order valence-corrected chi connectivity index (χ3v) is 3.83. The van der Waals surface area contributed by atoms with Gasteiger partial charge in [-0.05, 0) is 19.0 Å². The van der Waals surface area contributed by atoms with Crippen LogP contribution in [0.3, 0.4) is 0 Å². The lowest BCUT2D eigenvalue weighted by molar-refractivity contribution is 0.192. The van der Waals surface area contributed by atoms with Crippen molar-refractivity contribution < 1.29 is 4.74 Å². The molecule has 0 aliphatic rings. The summed E-state index contributed by atoms with van der Waals surface area (Å²) in [6, 6.07) is 1.000. The molecule has 4 heteroatoms. The standard InChI is InChI=1S/C7H16Cl2OSi/c1-10-6-4-3-5-7-11(2,8)9/h3-7H2,1-2H3. The van der Waals surface area contributed by atoms with Crippen molar-refractivity contribution in [2.24, 2.45) is 0 Å². The summed E-state index contributed by atoms with van der Waals surface area (Å²) in [4.78, 5) is 0. The van der Waals surface area contributed by atoms with Crippen LogP contribution in [0.15, 0.2) is 0 Å². The number of hydrogen-bond donors (Lipinski definition) is 0. The zero-order valence-corrected chi connectivity index (χ0v) is 9.71. The predicted octanol–water partition coefficient (Wildman–Crippen LogP) is 3.35. The van der Waals surface area contributed by atoms with Crippen LogP contribution in [0.5, 0.6) is 0 Å². The summed E-state index contributed by atoms with van der Waals surface area (Å²) in [6.07, 6.45) is 3.43. The van der Waals surface area contributed by atoms with Crippen molar-refractivity contribution in [2.75, 3.05) is 13.7 Å². The van der Waals surface area contributed by atoms with Gasteiger partial charge in [-0.2, -0.15) is 0 Å². The van der Waals surface area contributed by atoms with Crippen LogP contribution in [0.2, 0.25) is 12.6 Å². The molecule has 0 rings (SSSR count). The topological polar surface area (TPSA) is 9.23 Å². The molecule has 0 radical (unpaired) electrons. The molecule has 0 saturated heterocycles. The molecule has 0 heterocycles. The molecule has 0 saturated carbocycles. The molecule has 0 spiro atoms. The van der Waals surface area contributed by atoms with Crippen LogP contribution in [0.25, 0.3) is 0 Å². The van der Waals surface area contributed by atoms with Crippen molar-refractivity contribution in [1.29, 1.82) is 0 Å². The van der Waals surface area contributed by atoms with E-state index in [1.807, 2.05) is 6.55 Å². The molecule has 0 aliphatic heterocycles. The Kier molecular flexibility index (Phi) is 6.73. The van der Waals surface area contributed by atoms with Crippen molar-refractivity contribution in [1.82, 2.24) is 0 Å². The molecule has 0 aromatic carbocycles. The van der Waals surface area contributed by atoms with E-state index in [4.69, 9.17) is 26.9 Å². The first kappa shape index (κ1) is 11.8. The molecule has 68 valence electrons. The molecular weight excluding hydrogens is 199 g/mol. The largest absolute Gasteiger partial charge is 0.385 e. The van der Waals surface area contributed by atoms with E-state index in [0.29, 0.717) is 0 Å². The molecule has 11 heavy (non-hydrogen) atoms. The van der Waals surface area contributed by atoms with Crippen molar-refractivity contribution in [3.63, 3.8) is 0 Å². The van der Waals surface area contributed by atoms with Crippen molar-refractivity contribution in [2.45, 2.75) is 31.9 Å². The second-order valence-electron chi connectivity index (χ2n) is 2.87. The average molecular weight is 215 g/mol. The molecule has 0 bridgehead atoms. The third-order valence-electron chi connectivity index (χ3n) is 1.46. The van der Waals surface area contributed by atoms with Crippen LogP contribution < -0.4 is 0 Å². The highest BCUT2D eigenvalue weighted by molar-refractivity contribution is 7.44. The Morgan fingerprint density at radius 2 is 1.82 bits per heavy atom. The molecule has 1 nitrogen and oxygen atoms in total. The van der Waals surface area contributed by atoms with E-state index in [0.717, 1.165) is 25.5 Å². The fourth-order valence-corrected chi connectivity index (χ4v) is 2.53. The minimum Gasteiger partial charge on any atom is -0.385 e. The van der Waals surface area contributed by atoms with Crippen LogP contribution in [0, 0.1) is 0 Å². The number of methoxy groups -OCH3 is 1. The van der Waals surface area contributed by atoms with E-state index in [2.05, 4.69) is 0 Å². The molecule has 0 amide bonds. The summed E-state index contributed by atoms with van der Waals surface area (Å²) in [5.74, 6) is 0. The van der Waals surface area contributed by atoms with Gasteiger partial charge in [-0.15, -0.1) is 22.2 Å². The summed E-state index contributed by atoms with van der Waals surface area (Å²) in [7, 11) is 1.72. The second-order valence-corrected chi connectivity index (χ2v) is 11.1. The van der Waals surface area contributed by atoms with Gasteiger partial charge in [0.2, 0.25) is 6.69 Å². The lowest BCUT2D eigenvalue weighted by Gasteiger charge is -2.08. The summed E-state index contributed by atoms with van der Waals surface area (Å²) < 4.78 is 4.92. The Hall–Kier alpha value is 0.757. The molecule has 0 aliphatic carbocycles. The van der Waals surface area contributed by atoms with Gasteiger partial charge in [0.15, 0.2) is 0 Å². The van der Waals surface area contributed by atoms with Crippen LogP contribution in [0.1, 0.15) is 19.3 Å². The molecule has 0 unspecified atom stereocenters. The second kappa shape index (κ2) is 6.29. The molecule has 0 aromatic rings. The summed E-state index contributed by atoms with van der Waals surface area (Å²) in [6.45, 7) is 1.00. The summed E-state index contributed by atoms with van der Waals surface area (Å²) in [5, 5.41) is 0. The SMILES string of the molecule is COCCCCC[Si](C)(Cl)Cl. The fraction of sp³-hybridized carbons (Fsp3) is 1.00. The number of ether oxygens (including phenoxy) is 1. The molecule has 0 aromatic heterocycles. The minimum absolute atomic E-state index is 0.850. The quantitative estimate of drug-likeness (QED) is 0.375. The van der Waals surface area contributed by atoms with E-state index < -0.39 is 6.69 Å². The maximum absolute atomic E-state index is 5.92. The highest BCUT2D eigenvalue weighted by Gasteiger charge is 2.19. The van der Waals surface area contributed by atoms with Crippen molar-refractivity contribution in [3.8, 4) is 0 Å². The number of unbranched alkanes of at least 4 members (excludes halogenated alkanes) is 2. The van der Waals surface area contributed by atoms with E-state index in [1.165, 1.54) is 6.42 Å². The monoisotopic (exact) mass is 214 g/mol. The normalized spacial score (nSPS) is 12.0. The molecule has 0 N–H and O–H groups in total.